The highest BCUT2D eigenvalue weighted by atomic mass is 32.2. The fraction of sp³-hybridized carbons (Fsp3) is 1.00. The lowest BCUT2D eigenvalue weighted by Crippen LogP contribution is -2.40. The van der Waals surface area contributed by atoms with Gasteiger partial charge in [-0.3, -0.25) is 4.21 Å². The van der Waals surface area contributed by atoms with Gasteiger partial charge in [-0.15, -0.1) is 0 Å². The van der Waals surface area contributed by atoms with Gasteiger partial charge >= 0.3 is 0 Å². The Balaban J connectivity index is 2.20. The zero-order valence-corrected chi connectivity index (χ0v) is 10.4. The van der Waals surface area contributed by atoms with Gasteiger partial charge < -0.3 is 10.4 Å². The molecule has 90 valence electrons. The predicted octanol–water partition coefficient (Wildman–Crippen LogP) is 1.04. The fourth-order valence-corrected chi connectivity index (χ4v) is 2.66. The summed E-state index contributed by atoms with van der Waals surface area (Å²) in [5, 5.41) is 13.2. The molecular weight excluding hydrogens is 210 g/mol. The normalized spacial score (nSPS) is 29.7. The molecule has 0 spiro atoms. The van der Waals surface area contributed by atoms with Gasteiger partial charge in [0.15, 0.2) is 0 Å². The Kier molecular flexibility index (Phi) is 6.45. The Labute approximate surface area is 95.1 Å². The van der Waals surface area contributed by atoms with Crippen molar-refractivity contribution in [3.05, 3.63) is 0 Å². The molecule has 0 aliphatic heterocycles. The van der Waals surface area contributed by atoms with Crippen molar-refractivity contribution in [3.63, 3.8) is 0 Å². The van der Waals surface area contributed by atoms with E-state index < -0.39 is 10.8 Å². The highest BCUT2D eigenvalue weighted by Crippen LogP contribution is 2.17. The Morgan fingerprint density at radius 3 is 2.80 bits per heavy atom. The van der Waals surface area contributed by atoms with Gasteiger partial charge in [-0.25, -0.2) is 0 Å². The maximum absolute atomic E-state index is 11.2. The van der Waals surface area contributed by atoms with Crippen molar-refractivity contribution in [2.45, 2.75) is 51.2 Å². The minimum atomic E-state index is -0.691. The van der Waals surface area contributed by atoms with Crippen LogP contribution in [0.2, 0.25) is 0 Å². The Hall–Kier alpha value is 0.0700. The van der Waals surface area contributed by atoms with Crippen LogP contribution in [0.1, 0.15) is 39.0 Å². The molecule has 3 atom stereocenters. The van der Waals surface area contributed by atoms with Crippen LogP contribution in [-0.2, 0) is 10.8 Å². The first kappa shape index (κ1) is 13.1. The summed E-state index contributed by atoms with van der Waals surface area (Å²) in [6, 6.07) is 0.223. The summed E-state index contributed by atoms with van der Waals surface area (Å²) < 4.78 is 11.2. The molecule has 0 heterocycles. The van der Waals surface area contributed by atoms with Crippen molar-refractivity contribution in [1.82, 2.24) is 5.32 Å². The Bertz CT molecular complexity index is 199. The van der Waals surface area contributed by atoms with E-state index in [9.17, 15) is 9.32 Å². The van der Waals surface area contributed by atoms with Crippen LogP contribution in [-0.4, -0.2) is 39.5 Å². The third-order valence-electron chi connectivity index (χ3n) is 3.04. The van der Waals surface area contributed by atoms with E-state index in [1.165, 1.54) is 12.8 Å². The van der Waals surface area contributed by atoms with E-state index >= 15 is 0 Å². The van der Waals surface area contributed by atoms with Crippen molar-refractivity contribution in [2.75, 3.05) is 18.1 Å². The van der Waals surface area contributed by atoms with Gasteiger partial charge in [-0.1, -0.05) is 26.2 Å². The van der Waals surface area contributed by atoms with Gasteiger partial charge in [-0.05, 0) is 12.8 Å². The first-order valence-electron chi connectivity index (χ1n) is 6.00. The second-order valence-corrected chi connectivity index (χ2v) is 6.06. The Morgan fingerprint density at radius 1 is 1.33 bits per heavy atom. The van der Waals surface area contributed by atoms with Gasteiger partial charge in [0, 0.05) is 34.9 Å². The molecule has 3 nitrogen and oxygen atoms in total. The number of hydrogen-bond donors (Lipinski definition) is 2. The van der Waals surface area contributed by atoms with E-state index in [1.54, 1.807) is 0 Å². The van der Waals surface area contributed by atoms with E-state index in [1.807, 2.05) is 6.92 Å². The Morgan fingerprint density at radius 2 is 2.07 bits per heavy atom. The number of rotatable bonds is 5. The minimum Gasteiger partial charge on any atom is -0.392 e. The number of aliphatic hydroxyl groups excluding tert-OH is 1. The molecule has 1 aliphatic rings. The first-order chi connectivity index (χ1) is 7.24. The largest absolute Gasteiger partial charge is 0.392 e. The molecule has 4 heteroatoms. The third kappa shape index (κ3) is 5.09. The molecule has 0 saturated heterocycles. The second-order valence-electron chi connectivity index (χ2n) is 4.20. The second kappa shape index (κ2) is 7.36. The summed E-state index contributed by atoms with van der Waals surface area (Å²) in [6.45, 7) is 2.71. The molecule has 3 unspecified atom stereocenters. The van der Waals surface area contributed by atoms with Crippen molar-refractivity contribution in [2.24, 2.45) is 0 Å². The van der Waals surface area contributed by atoms with Crippen LogP contribution in [0.4, 0.5) is 0 Å². The van der Waals surface area contributed by atoms with Crippen molar-refractivity contribution in [3.8, 4) is 0 Å². The van der Waals surface area contributed by atoms with E-state index in [0.29, 0.717) is 5.75 Å². The average Bonchev–Trinajstić information content (AvgIpc) is 2.44. The van der Waals surface area contributed by atoms with Crippen LogP contribution in [0.25, 0.3) is 0 Å². The molecule has 0 bridgehead atoms. The highest BCUT2D eigenvalue weighted by molar-refractivity contribution is 7.84. The maximum Gasteiger partial charge on any atom is 0.0693 e. The summed E-state index contributed by atoms with van der Waals surface area (Å²) in [7, 11) is -0.691. The summed E-state index contributed by atoms with van der Waals surface area (Å²) in [5.74, 6) is 1.44. The third-order valence-corrected chi connectivity index (χ3v) is 4.34. The molecule has 1 fully saturated rings. The standard InChI is InChI=1S/C11H23NO2S/c1-2-15(14)9-8-12-10-6-4-3-5-7-11(10)13/h10-13H,2-9H2,1H3. The summed E-state index contributed by atoms with van der Waals surface area (Å²) in [6.07, 6.45) is 5.33. The van der Waals surface area contributed by atoms with Crippen molar-refractivity contribution in [1.29, 1.82) is 0 Å². The van der Waals surface area contributed by atoms with E-state index in [0.717, 1.165) is 31.6 Å². The highest BCUT2D eigenvalue weighted by Gasteiger charge is 2.20. The summed E-state index contributed by atoms with van der Waals surface area (Å²) in [5.41, 5.74) is 0. The monoisotopic (exact) mass is 233 g/mol. The molecule has 1 aliphatic carbocycles. The molecule has 0 aromatic heterocycles. The van der Waals surface area contributed by atoms with Crippen LogP contribution in [0.15, 0.2) is 0 Å². The lowest BCUT2D eigenvalue weighted by Gasteiger charge is -2.21. The molecule has 1 rings (SSSR count). The summed E-state index contributed by atoms with van der Waals surface area (Å²) in [4.78, 5) is 0. The van der Waals surface area contributed by atoms with Crippen LogP contribution in [0.5, 0.6) is 0 Å². The van der Waals surface area contributed by atoms with Crippen LogP contribution in [0, 0.1) is 0 Å². The van der Waals surface area contributed by atoms with E-state index in [2.05, 4.69) is 5.32 Å². The maximum atomic E-state index is 11.2. The number of hydrogen-bond acceptors (Lipinski definition) is 3. The van der Waals surface area contributed by atoms with E-state index in [-0.39, 0.29) is 12.1 Å². The zero-order valence-electron chi connectivity index (χ0n) is 9.58. The predicted molar refractivity (Wildman–Crippen MR) is 64.4 cm³/mol. The van der Waals surface area contributed by atoms with Gasteiger partial charge in [-0.2, -0.15) is 0 Å². The smallest absolute Gasteiger partial charge is 0.0693 e. The fourth-order valence-electron chi connectivity index (χ4n) is 2.03. The number of aliphatic hydroxyl groups is 1. The number of nitrogens with one attached hydrogen (secondary N) is 1. The van der Waals surface area contributed by atoms with Gasteiger partial charge in [0.25, 0.3) is 0 Å². The van der Waals surface area contributed by atoms with Crippen LogP contribution in [0.3, 0.4) is 0 Å². The van der Waals surface area contributed by atoms with Crippen molar-refractivity contribution >= 4 is 10.8 Å². The quantitative estimate of drug-likeness (QED) is 0.698. The van der Waals surface area contributed by atoms with Gasteiger partial charge in [0.05, 0.1) is 6.10 Å². The lowest BCUT2D eigenvalue weighted by molar-refractivity contribution is 0.121. The molecule has 0 amide bonds. The lowest BCUT2D eigenvalue weighted by atomic mass is 10.1. The van der Waals surface area contributed by atoms with Crippen LogP contribution >= 0.6 is 0 Å². The molecule has 1 saturated carbocycles. The van der Waals surface area contributed by atoms with Gasteiger partial charge in [0.1, 0.15) is 0 Å². The average molecular weight is 233 g/mol. The molecular formula is C11H23NO2S. The molecule has 0 aromatic rings. The molecule has 15 heavy (non-hydrogen) atoms. The summed E-state index contributed by atoms with van der Waals surface area (Å²) >= 11 is 0. The minimum absolute atomic E-state index is 0.206. The van der Waals surface area contributed by atoms with Gasteiger partial charge in [0.2, 0.25) is 0 Å². The zero-order chi connectivity index (χ0) is 11.1. The van der Waals surface area contributed by atoms with Crippen molar-refractivity contribution < 1.29 is 9.32 Å². The topological polar surface area (TPSA) is 49.3 Å². The van der Waals surface area contributed by atoms with Crippen LogP contribution < -0.4 is 5.32 Å². The molecule has 2 N–H and O–H groups in total. The van der Waals surface area contributed by atoms with E-state index in [4.69, 9.17) is 0 Å². The SMILES string of the molecule is CCS(=O)CCNC1CCCCCC1O. The molecule has 0 aromatic carbocycles. The first-order valence-corrected chi connectivity index (χ1v) is 7.49. The molecule has 0 radical (unpaired) electrons.